The van der Waals surface area contributed by atoms with E-state index in [-0.39, 0.29) is 11.0 Å². The molecule has 0 fully saturated rings. The number of carboxylic acids is 1. The van der Waals surface area contributed by atoms with Crippen molar-refractivity contribution in [2.24, 2.45) is 5.16 Å². The van der Waals surface area contributed by atoms with Gasteiger partial charge >= 0.3 is 0 Å². The van der Waals surface area contributed by atoms with Gasteiger partial charge in [0.2, 0.25) is 0 Å². The Balaban J connectivity index is 3.02. The lowest BCUT2D eigenvalue weighted by Crippen LogP contribution is -2.33. The lowest BCUT2D eigenvalue weighted by Gasteiger charge is -2.00. The molecule has 0 aliphatic carbocycles. The van der Waals surface area contributed by atoms with Gasteiger partial charge in [0.15, 0.2) is 16.7 Å². The second-order valence-electron chi connectivity index (χ2n) is 1.87. The van der Waals surface area contributed by atoms with Crippen LogP contribution in [0.2, 0.25) is 0 Å². The Kier molecular flexibility index (Phi) is 2.75. The van der Waals surface area contributed by atoms with Gasteiger partial charge in [-0.25, -0.2) is 0 Å². The summed E-state index contributed by atoms with van der Waals surface area (Å²) in [6.45, 7) is 0. The Morgan fingerprint density at radius 2 is 2.46 bits per heavy atom. The van der Waals surface area contributed by atoms with E-state index in [4.69, 9.17) is 5.73 Å². The molecule has 1 aromatic rings. The van der Waals surface area contributed by atoms with Gasteiger partial charge in [0.25, 0.3) is 0 Å². The average Bonchev–Trinajstić information content (AvgIpc) is 2.46. The maximum atomic E-state index is 10.5. The zero-order chi connectivity index (χ0) is 9.84. The van der Waals surface area contributed by atoms with Crippen molar-refractivity contribution in [3.63, 3.8) is 0 Å². The second-order valence-corrected chi connectivity index (χ2v) is 2.65. The summed E-state index contributed by atoms with van der Waals surface area (Å²) < 4.78 is 3.63. The third-order valence-electron chi connectivity index (χ3n) is 1.03. The number of nitrogens with zero attached hydrogens (tertiary/aromatic N) is 3. The number of carbonyl (C=O) groups is 1. The number of aromatic nitrogens is 2. The fourth-order valence-electron chi connectivity index (χ4n) is 0.592. The summed E-state index contributed by atoms with van der Waals surface area (Å²) in [7, 11) is 1.21. The molecule has 0 saturated heterocycles. The van der Waals surface area contributed by atoms with Crippen molar-refractivity contribution in [3.05, 3.63) is 5.82 Å². The molecule has 7 nitrogen and oxygen atoms in total. The Labute approximate surface area is 77.0 Å². The van der Waals surface area contributed by atoms with Crippen molar-refractivity contribution in [2.75, 3.05) is 12.8 Å². The third kappa shape index (κ3) is 2.12. The quantitative estimate of drug-likeness (QED) is 0.457. The third-order valence-corrected chi connectivity index (χ3v) is 1.57. The van der Waals surface area contributed by atoms with E-state index in [1.165, 1.54) is 7.11 Å². The molecular formula is C5H5N4O3S-. The van der Waals surface area contributed by atoms with E-state index >= 15 is 0 Å². The molecular weight excluding hydrogens is 196 g/mol. The standard InChI is InChI=1S/C5H6N4O3S/c1-12-8-2(4(10)11)3-7-5(6)13-9-3/h1H3,(H,10,11)(H2,6,7,9)/p-1/b8-2-. The van der Waals surface area contributed by atoms with Crippen LogP contribution in [-0.2, 0) is 9.63 Å². The molecule has 0 aliphatic rings. The second kappa shape index (κ2) is 3.81. The summed E-state index contributed by atoms with van der Waals surface area (Å²) in [5.41, 5.74) is 4.77. The number of hydrogen-bond acceptors (Lipinski definition) is 8. The van der Waals surface area contributed by atoms with Crippen LogP contribution in [0.5, 0.6) is 0 Å². The first-order chi connectivity index (χ1) is 6.15. The fourth-order valence-corrected chi connectivity index (χ4v) is 1.03. The number of hydrogen-bond donors (Lipinski definition) is 1. The smallest absolute Gasteiger partial charge is 0.200 e. The summed E-state index contributed by atoms with van der Waals surface area (Å²) in [5.74, 6) is -1.62. The largest absolute Gasteiger partial charge is 0.543 e. The zero-order valence-corrected chi connectivity index (χ0v) is 7.37. The number of nitrogen functional groups attached to an aromatic ring is 1. The Morgan fingerprint density at radius 1 is 1.77 bits per heavy atom. The molecule has 2 N–H and O–H groups in total. The van der Waals surface area contributed by atoms with Crippen LogP contribution in [0.1, 0.15) is 5.82 Å². The normalized spacial score (nSPS) is 11.3. The minimum absolute atomic E-state index is 0.107. The van der Waals surface area contributed by atoms with Crippen LogP contribution in [0, 0.1) is 0 Å². The van der Waals surface area contributed by atoms with Crippen molar-refractivity contribution in [2.45, 2.75) is 0 Å². The number of anilines is 1. The maximum absolute atomic E-state index is 10.5. The molecule has 0 unspecified atom stereocenters. The molecule has 13 heavy (non-hydrogen) atoms. The van der Waals surface area contributed by atoms with Gasteiger partial charge in [-0.15, -0.1) is 0 Å². The highest BCUT2D eigenvalue weighted by Crippen LogP contribution is 2.06. The van der Waals surface area contributed by atoms with Gasteiger partial charge in [-0.3, -0.25) is 0 Å². The van der Waals surface area contributed by atoms with Crippen molar-refractivity contribution >= 4 is 28.3 Å². The van der Waals surface area contributed by atoms with Gasteiger partial charge in [0.05, 0.1) is 5.97 Å². The highest BCUT2D eigenvalue weighted by molar-refractivity contribution is 7.09. The lowest BCUT2D eigenvalue weighted by molar-refractivity contribution is -0.294. The van der Waals surface area contributed by atoms with E-state index in [1.54, 1.807) is 0 Å². The fraction of sp³-hybridized carbons (Fsp3) is 0.200. The zero-order valence-electron chi connectivity index (χ0n) is 6.55. The van der Waals surface area contributed by atoms with E-state index in [2.05, 4.69) is 19.4 Å². The van der Waals surface area contributed by atoms with Gasteiger partial charge in [-0.05, 0) is 0 Å². The molecule has 0 saturated carbocycles. The number of nitrogens with two attached hydrogens (primary N) is 1. The van der Waals surface area contributed by atoms with Crippen LogP contribution in [0.15, 0.2) is 5.16 Å². The summed E-state index contributed by atoms with van der Waals surface area (Å²) in [6.07, 6.45) is 0. The SMILES string of the molecule is CO/N=C(\C(=O)[O-])c1nsc(N)n1. The lowest BCUT2D eigenvalue weighted by atomic mass is 10.4. The first-order valence-electron chi connectivity index (χ1n) is 3.07. The van der Waals surface area contributed by atoms with E-state index in [0.717, 1.165) is 11.5 Å². The number of oxime groups is 1. The van der Waals surface area contributed by atoms with Gasteiger partial charge < -0.3 is 20.5 Å². The molecule has 1 aromatic heterocycles. The molecule has 1 heterocycles. The number of aliphatic carboxylic acids is 1. The van der Waals surface area contributed by atoms with Crippen LogP contribution < -0.4 is 10.8 Å². The average molecular weight is 201 g/mol. The minimum Gasteiger partial charge on any atom is -0.543 e. The van der Waals surface area contributed by atoms with E-state index in [9.17, 15) is 9.90 Å². The Hall–Kier alpha value is -1.70. The maximum Gasteiger partial charge on any atom is 0.200 e. The van der Waals surface area contributed by atoms with Crippen LogP contribution in [0.3, 0.4) is 0 Å². The number of carbonyl (C=O) groups excluding carboxylic acids is 1. The first-order valence-corrected chi connectivity index (χ1v) is 3.84. The monoisotopic (exact) mass is 201 g/mol. The summed E-state index contributed by atoms with van der Waals surface area (Å²) >= 11 is 0.865. The highest BCUT2D eigenvalue weighted by Gasteiger charge is 2.11. The van der Waals surface area contributed by atoms with Crippen LogP contribution in [0.4, 0.5) is 5.13 Å². The van der Waals surface area contributed by atoms with Gasteiger partial charge in [-0.2, -0.15) is 9.36 Å². The number of rotatable bonds is 3. The van der Waals surface area contributed by atoms with Crippen LogP contribution in [0.25, 0.3) is 0 Å². The topological polar surface area (TPSA) is 114 Å². The Morgan fingerprint density at radius 3 is 2.85 bits per heavy atom. The first kappa shape index (κ1) is 9.39. The van der Waals surface area contributed by atoms with Crippen LogP contribution >= 0.6 is 11.5 Å². The Bertz CT molecular complexity index is 347. The van der Waals surface area contributed by atoms with E-state index in [0.29, 0.717) is 0 Å². The van der Waals surface area contributed by atoms with E-state index in [1.807, 2.05) is 0 Å². The molecule has 0 aromatic carbocycles. The summed E-state index contributed by atoms with van der Waals surface area (Å²) in [5, 5.41) is 13.8. The molecule has 0 atom stereocenters. The van der Waals surface area contributed by atoms with Crippen molar-refractivity contribution in [1.29, 1.82) is 0 Å². The molecule has 1 rings (SSSR count). The highest BCUT2D eigenvalue weighted by atomic mass is 32.1. The van der Waals surface area contributed by atoms with Gasteiger partial charge in [0, 0.05) is 11.5 Å². The van der Waals surface area contributed by atoms with Gasteiger partial charge in [0.1, 0.15) is 7.11 Å². The molecule has 0 bridgehead atoms. The molecule has 0 amide bonds. The number of carboxylic acid groups (broad SMARTS) is 1. The predicted molar refractivity (Wildman–Crippen MR) is 42.9 cm³/mol. The predicted octanol–water partition coefficient (Wildman–Crippen LogP) is -1.78. The molecule has 0 radical (unpaired) electrons. The molecule has 0 aliphatic heterocycles. The van der Waals surface area contributed by atoms with E-state index < -0.39 is 11.7 Å². The van der Waals surface area contributed by atoms with Crippen molar-refractivity contribution < 1.29 is 14.7 Å². The summed E-state index contributed by atoms with van der Waals surface area (Å²) in [4.78, 5) is 18.3. The molecule has 0 spiro atoms. The van der Waals surface area contributed by atoms with Gasteiger partial charge in [-0.1, -0.05) is 5.16 Å². The van der Waals surface area contributed by atoms with Crippen LogP contribution in [-0.4, -0.2) is 28.1 Å². The minimum atomic E-state index is -1.51. The van der Waals surface area contributed by atoms with Crippen molar-refractivity contribution in [3.8, 4) is 0 Å². The molecule has 70 valence electrons. The summed E-state index contributed by atoms with van der Waals surface area (Å²) in [6, 6.07) is 0. The molecule has 8 heteroatoms. The van der Waals surface area contributed by atoms with Crippen molar-refractivity contribution in [1.82, 2.24) is 9.36 Å².